The SMILES string of the molecule is COCCNCCNS(=O)(=O)CCNS(=O)(=O)c1ccccc1.Cl. The van der Waals surface area contributed by atoms with E-state index in [-0.39, 0.29) is 36.1 Å². The van der Waals surface area contributed by atoms with Gasteiger partial charge in [-0.15, -0.1) is 12.4 Å². The van der Waals surface area contributed by atoms with Crippen molar-refractivity contribution < 1.29 is 21.6 Å². The fourth-order valence-electron chi connectivity index (χ4n) is 1.66. The number of sulfonamides is 2. The van der Waals surface area contributed by atoms with Crippen molar-refractivity contribution in [2.24, 2.45) is 0 Å². The summed E-state index contributed by atoms with van der Waals surface area (Å²) >= 11 is 0. The van der Waals surface area contributed by atoms with Gasteiger partial charge in [0, 0.05) is 33.3 Å². The minimum atomic E-state index is -3.69. The average Bonchev–Trinajstić information content (AvgIpc) is 2.51. The van der Waals surface area contributed by atoms with Crippen molar-refractivity contribution in [3.05, 3.63) is 30.3 Å². The van der Waals surface area contributed by atoms with E-state index >= 15 is 0 Å². The lowest BCUT2D eigenvalue weighted by atomic mass is 10.4. The summed E-state index contributed by atoms with van der Waals surface area (Å²) in [6.07, 6.45) is 0. The number of methoxy groups -OCH3 is 1. The molecule has 0 aliphatic heterocycles. The summed E-state index contributed by atoms with van der Waals surface area (Å²) in [4.78, 5) is 0.104. The Bertz CT molecular complexity index is 653. The van der Waals surface area contributed by atoms with Gasteiger partial charge in [-0.1, -0.05) is 18.2 Å². The zero-order chi connectivity index (χ0) is 17.2. The van der Waals surface area contributed by atoms with E-state index in [0.29, 0.717) is 19.7 Å². The number of hydrogen-bond acceptors (Lipinski definition) is 6. The first kappa shape index (κ1) is 23.2. The first-order valence-corrected chi connectivity index (χ1v) is 10.2. The molecule has 0 saturated carbocycles. The van der Waals surface area contributed by atoms with E-state index in [0.717, 1.165) is 0 Å². The Labute approximate surface area is 149 Å². The normalized spacial score (nSPS) is 11.9. The van der Waals surface area contributed by atoms with Crippen LogP contribution in [0.4, 0.5) is 0 Å². The van der Waals surface area contributed by atoms with Crippen molar-refractivity contribution in [2.45, 2.75) is 4.90 Å². The summed E-state index contributed by atoms with van der Waals surface area (Å²) in [5, 5.41) is 3.00. The third-order valence-electron chi connectivity index (χ3n) is 2.82. The van der Waals surface area contributed by atoms with Gasteiger partial charge < -0.3 is 10.1 Å². The highest BCUT2D eigenvalue weighted by atomic mass is 35.5. The number of halogens is 1. The quantitative estimate of drug-likeness (QED) is 0.408. The summed E-state index contributed by atoms with van der Waals surface area (Å²) in [6, 6.07) is 7.79. The molecule has 3 N–H and O–H groups in total. The topological polar surface area (TPSA) is 114 Å². The van der Waals surface area contributed by atoms with Crippen LogP contribution in [0.2, 0.25) is 0 Å². The van der Waals surface area contributed by atoms with Gasteiger partial charge in [0.25, 0.3) is 0 Å². The van der Waals surface area contributed by atoms with Crippen molar-refractivity contribution >= 4 is 32.5 Å². The fourth-order valence-corrected chi connectivity index (χ4v) is 3.77. The second-order valence-electron chi connectivity index (χ2n) is 4.67. The van der Waals surface area contributed by atoms with Gasteiger partial charge in [-0.25, -0.2) is 26.3 Å². The molecule has 0 aromatic heterocycles. The molecule has 8 nitrogen and oxygen atoms in total. The molecule has 140 valence electrons. The lowest BCUT2D eigenvalue weighted by Crippen LogP contribution is -2.37. The second-order valence-corrected chi connectivity index (χ2v) is 8.36. The third kappa shape index (κ3) is 9.52. The third-order valence-corrected chi connectivity index (χ3v) is 5.69. The molecule has 0 radical (unpaired) electrons. The van der Waals surface area contributed by atoms with Crippen molar-refractivity contribution in [2.75, 3.05) is 45.6 Å². The Morgan fingerprint density at radius 3 is 2.21 bits per heavy atom. The van der Waals surface area contributed by atoms with E-state index < -0.39 is 20.0 Å². The van der Waals surface area contributed by atoms with Gasteiger partial charge in [0.15, 0.2) is 0 Å². The number of benzene rings is 1. The van der Waals surface area contributed by atoms with E-state index in [1.54, 1.807) is 25.3 Å². The molecule has 1 rings (SSSR count). The predicted molar refractivity (Wildman–Crippen MR) is 95.4 cm³/mol. The molecule has 11 heteroatoms. The van der Waals surface area contributed by atoms with Gasteiger partial charge in [0.2, 0.25) is 20.0 Å². The summed E-state index contributed by atoms with van der Waals surface area (Å²) in [6.45, 7) is 1.70. The molecule has 0 aliphatic rings. The number of ether oxygens (including phenoxy) is 1. The number of hydrogen-bond donors (Lipinski definition) is 3. The van der Waals surface area contributed by atoms with Crippen LogP contribution in [-0.4, -0.2) is 62.5 Å². The standard InChI is InChI=1S/C13H23N3O5S2.ClH/c1-21-11-9-14-7-8-15-22(17,18)12-10-16-23(19,20)13-5-3-2-4-6-13;/h2-6,14-16H,7-12H2,1H3;1H. The van der Waals surface area contributed by atoms with Crippen LogP contribution in [0.3, 0.4) is 0 Å². The van der Waals surface area contributed by atoms with Crippen LogP contribution in [0, 0.1) is 0 Å². The zero-order valence-electron chi connectivity index (χ0n) is 13.4. The van der Waals surface area contributed by atoms with E-state index in [2.05, 4.69) is 14.8 Å². The summed E-state index contributed by atoms with van der Waals surface area (Å²) in [5.74, 6) is -0.322. The summed E-state index contributed by atoms with van der Waals surface area (Å²) in [7, 11) is -5.63. The van der Waals surface area contributed by atoms with Crippen molar-refractivity contribution in [1.82, 2.24) is 14.8 Å². The van der Waals surface area contributed by atoms with Crippen LogP contribution in [0.1, 0.15) is 0 Å². The van der Waals surface area contributed by atoms with Crippen molar-refractivity contribution in [3.8, 4) is 0 Å². The molecule has 0 heterocycles. The Morgan fingerprint density at radius 1 is 0.917 bits per heavy atom. The maximum atomic E-state index is 11.9. The van der Waals surface area contributed by atoms with E-state index in [1.807, 2.05) is 0 Å². The lowest BCUT2D eigenvalue weighted by molar-refractivity contribution is 0.199. The molecule has 24 heavy (non-hydrogen) atoms. The molecule has 1 aromatic rings. The molecule has 0 fully saturated rings. The fraction of sp³-hybridized carbons (Fsp3) is 0.538. The van der Waals surface area contributed by atoms with Crippen molar-refractivity contribution in [1.29, 1.82) is 0 Å². The van der Waals surface area contributed by atoms with E-state index in [4.69, 9.17) is 4.74 Å². The maximum Gasteiger partial charge on any atom is 0.240 e. The van der Waals surface area contributed by atoms with Crippen molar-refractivity contribution in [3.63, 3.8) is 0 Å². The van der Waals surface area contributed by atoms with Gasteiger partial charge in [-0.2, -0.15) is 0 Å². The highest BCUT2D eigenvalue weighted by Crippen LogP contribution is 2.06. The molecule has 0 bridgehead atoms. The number of rotatable bonds is 12. The summed E-state index contributed by atoms with van der Waals surface area (Å²) in [5.41, 5.74) is 0. The molecule has 0 amide bonds. The van der Waals surface area contributed by atoms with Gasteiger partial charge >= 0.3 is 0 Å². The van der Waals surface area contributed by atoms with E-state index in [9.17, 15) is 16.8 Å². The number of nitrogens with one attached hydrogen (secondary N) is 3. The summed E-state index contributed by atoms with van der Waals surface area (Å²) < 4.78 is 56.9. The van der Waals surface area contributed by atoms with Crippen LogP contribution in [0.5, 0.6) is 0 Å². The maximum absolute atomic E-state index is 11.9. The molecular formula is C13H24ClN3O5S2. The minimum absolute atomic E-state index is 0. The van der Waals surface area contributed by atoms with E-state index in [1.165, 1.54) is 12.1 Å². The molecule has 0 aliphatic carbocycles. The minimum Gasteiger partial charge on any atom is -0.383 e. The molecule has 1 aromatic carbocycles. The first-order valence-electron chi connectivity index (χ1n) is 7.09. The highest BCUT2D eigenvalue weighted by molar-refractivity contribution is 7.90. The van der Waals surface area contributed by atoms with Gasteiger partial charge in [-0.05, 0) is 12.1 Å². The van der Waals surface area contributed by atoms with Gasteiger partial charge in [0.05, 0.1) is 17.3 Å². The highest BCUT2D eigenvalue weighted by Gasteiger charge is 2.15. The monoisotopic (exact) mass is 401 g/mol. The first-order chi connectivity index (χ1) is 10.9. The zero-order valence-corrected chi connectivity index (χ0v) is 15.8. The average molecular weight is 402 g/mol. The Balaban J connectivity index is 0.00000529. The smallest absolute Gasteiger partial charge is 0.240 e. The Hall–Kier alpha value is -0.750. The molecule has 0 saturated heterocycles. The lowest BCUT2D eigenvalue weighted by Gasteiger charge is -2.09. The van der Waals surface area contributed by atoms with Crippen LogP contribution in [-0.2, 0) is 24.8 Å². The van der Waals surface area contributed by atoms with Crippen LogP contribution in [0.25, 0.3) is 0 Å². The predicted octanol–water partition coefficient (Wildman–Crippen LogP) is -0.458. The molecule has 0 unspecified atom stereocenters. The van der Waals surface area contributed by atoms with Gasteiger partial charge in [0.1, 0.15) is 0 Å². The van der Waals surface area contributed by atoms with Crippen LogP contribution < -0.4 is 14.8 Å². The largest absolute Gasteiger partial charge is 0.383 e. The molecule has 0 atom stereocenters. The van der Waals surface area contributed by atoms with Crippen LogP contribution in [0.15, 0.2) is 35.2 Å². The van der Waals surface area contributed by atoms with Gasteiger partial charge in [-0.3, -0.25) is 0 Å². The Kier molecular flexibility index (Phi) is 11.4. The Morgan fingerprint density at radius 2 is 1.58 bits per heavy atom. The second kappa shape index (κ2) is 11.7. The molecule has 0 spiro atoms. The molecular weight excluding hydrogens is 378 g/mol. The van der Waals surface area contributed by atoms with Crippen LogP contribution >= 0.6 is 12.4 Å².